The number of hydrogen-bond donors (Lipinski definition) is 2. The van der Waals surface area contributed by atoms with Crippen molar-refractivity contribution in [1.82, 2.24) is 0 Å². The molecule has 0 heterocycles. The van der Waals surface area contributed by atoms with Gasteiger partial charge < -0.3 is 10.2 Å². The fraction of sp³-hybridized carbons (Fsp3) is 0.647. The second-order valence-corrected chi connectivity index (χ2v) is 7.87. The molecule has 2 nitrogen and oxygen atoms in total. The molecular formula is C17H28O2S. The minimum absolute atomic E-state index is 0.0216. The van der Waals surface area contributed by atoms with E-state index in [1.807, 2.05) is 25.1 Å². The molecule has 0 spiro atoms. The molecule has 0 unspecified atom stereocenters. The zero-order valence-electron chi connectivity index (χ0n) is 13.0. The summed E-state index contributed by atoms with van der Waals surface area (Å²) in [5.41, 5.74) is 0. The predicted octanol–water partition coefficient (Wildman–Crippen LogP) is 3.96. The summed E-state index contributed by atoms with van der Waals surface area (Å²) in [6.45, 7) is 8.45. The van der Waals surface area contributed by atoms with Crippen molar-refractivity contribution in [2.45, 2.75) is 56.3 Å². The molecule has 0 fully saturated rings. The lowest BCUT2D eigenvalue weighted by molar-refractivity contribution is 0.0461. The van der Waals surface area contributed by atoms with Crippen LogP contribution in [0.2, 0.25) is 0 Å². The third-order valence-corrected chi connectivity index (χ3v) is 5.18. The Hall–Kier alpha value is -0.510. The molecule has 2 N–H and O–H groups in total. The molecule has 114 valence electrons. The molecule has 0 aliphatic heterocycles. The van der Waals surface area contributed by atoms with Crippen LogP contribution < -0.4 is 0 Å². The highest BCUT2D eigenvalue weighted by Gasteiger charge is 2.37. The average Bonchev–Trinajstić information content (AvgIpc) is 2.44. The number of thioether (sulfide) groups is 1. The Bertz CT molecular complexity index is 380. The Labute approximate surface area is 127 Å². The summed E-state index contributed by atoms with van der Waals surface area (Å²) >= 11 is 1.72. The van der Waals surface area contributed by atoms with Crippen molar-refractivity contribution in [2.24, 2.45) is 11.8 Å². The molecule has 20 heavy (non-hydrogen) atoms. The van der Waals surface area contributed by atoms with Crippen LogP contribution in [-0.4, -0.2) is 27.7 Å². The van der Waals surface area contributed by atoms with Crippen LogP contribution in [0.15, 0.2) is 35.2 Å². The van der Waals surface area contributed by atoms with E-state index >= 15 is 0 Å². The van der Waals surface area contributed by atoms with Crippen LogP contribution in [0, 0.1) is 11.8 Å². The standard InChI is InChI=1S/C17H28O2S/c1-13(2)10-11-17(4,16(19)14(3)12-18)20-15-8-6-5-7-9-15/h5-9,13-14,16,18-19H,10-12H2,1-4H3/t14-,16-,17-/m0/s1. The van der Waals surface area contributed by atoms with Gasteiger partial charge in [-0.15, -0.1) is 11.8 Å². The lowest BCUT2D eigenvalue weighted by Gasteiger charge is -2.37. The van der Waals surface area contributed by atoms with Gasteiger partial charge in [0.15, 0.2) is 0 Å². The molecule has 0 aromatic heterocycles. The molecule has 0 amide bonds. The predicted molar refractivity (Wildman–Crippen MR) is 87.0 cm³/mol. The molecule has 1 rings (SSSR count). The van der Waals surface area contributed by atoms with E-state index in [0.717, 1.165) is 12.8 Å². The van der Waals surface area contributed by atoms with Crippen LogP contribution in [0.1, 0.15) is 40.5 Å². The highest BCUT2D eigenvalue weighted by molar-refractivity contribution is 8.00. The summed E-state index contributed by atoms with van der Waals surface area (Å²) in [5, 5.41) is 20.0. The number of aliphatic hydroxyl groups is 2. The Kier molecular flexibility index (Phi) is 7.07. The lowest BCUT2D eigenvalue weighted by Crippen LogP contribution is -2.42. The monoisotopic (exact) mass is 296 g/mol. The van der Waals surface area contributed by atoms with E-state index in [0.29, 0.717) is 5.92 Å². The van der Waals surface area contributed by atoms with E-state index in [9.17, 15) is 10.2 Å². The fourth-order valence-electron chi connectivity index (χ4n) is 2.29. The summed E-state index contributed by atoms with van der Waals surface area (Å²) in [7, 11) is 0. The first kappa shape index (κ1) is 17.5. The second-order valence-electron chi connectivity index (χ2n) is 6.26. The minimum Gasteiger partial charge on any atom is -0.396 e. The van der Waals surface area contributed by atoms with E-state index in [1.54, 1.807) is 11.8 Å². The zero-order chi connectivity index (χ0) is 15.2. The van der Waals surface area contributed by atoms with Crippen molar-refractivity contribution in [3.63, 3.8) is 0 Å². The van der Waals surface area contributed by atoms with Crippen molar-refractivity contribution in [1.29, 1.82) is 0 Å². The Morgan fingerprint density at radius 2 is 1.75 bits per heavy atom. The molecule has 0 radical (unpaired) electrons. The van der Waals surface area contributed by atoms with Gasteiger partial charge in [-0.1, -0.05) is 39.0 Å². The molecule has 0 saturated carbocycles. The molecular weight excluding hydrogens is 268 g/mol. The SMILES string of the molecule is CC(C)CC[C@](C)(Sc1ccccc1)[C@@H](O)[C@@H](C)CO. The number of hydrogen-bond acceptors (Lipinski definition) is 3. The van der Waals surface area contributed by atoms with Gasteiger partial charge in [-0.3, -0.25) is 0 Å². The van der Waals surface area contributed by atoms with Crippen LogP contribution in [-0.2, 0) is 0 Å². The van der Waals surface area contributed by atoms with E-state index < -0.39 is 6.10 Å². The molecule has 0 aliphatic carbocycles. The second kappa shape index (κ2) is 8.06. The van der Waals surface area contributed by atoms with E-state index in [1.165, 1.54) is 4.90 Å². The first-order chi connectivity index (χ1) is 9.39. The maximum absolute atomic E-state index is 10.6. The molecule has 1 aromatic carbocycles. The number of benzene rings is 1. The van der Waals surface area contributed by atoms with E-state index in [2.05, 4.69) is 32.9 Å². The van der Waals surface area contributed by atoms with Gasteiger partial charge in [-0.05, 0) is 37.8 Å². The van der Waals surface area contributed by atoms with Crippen LogP contribution in [0.3, 0.4) is 0 Å². The van der Waals surface area contributed by atoms with E-state index in [-0.39, 0.29) is 17.3 Å². The van der Waals surface area contributed by atoms with Gasteiger partial charge in [0.1, 0.15) is 0 Å². The van der Waals surface area contributed by atoms with Crippen LogP contribution >= 0.6 is 11.8 Å². The van der Waals surface area contributed by atoms with Crippen molar-refractivity contribution in [3.8, 4) is 0 Å². The normalized spacial score (nSPS) is 17.8. The molecule has 0 saturated heterocycles. The van der Waals surface area contributed by atoms with Crippen molar-refractivity contribution >= 4 is 11.8 Å². The highest BCUT2D eigenvalue weighted by atomic mass is 32.2. The molecule has 3 heteroatoms. The minimum atomic E-state index is -0.517. The maximum atomic E-state index is 10.6. The van der Waals surface area contributed by atoms with Gasteiger partial charge in [-0.2, -0.15) is 0 Å². The summed E-state index contributed by atoms with van der Waals surface area (Å²) in [4.78, 5) is 1.17. The molecule has 0 bridgehead atoms. The van der Waals surface area contributed by atoms with Crippen molar-refractivity contribution in [2.75, 3.05) is 6.61 Å². The van der Waals surface area contributed by atoms with Crippen LogP contribution in [0.5, 0.6) is 0 Å². The van der Waals surface area contributed by atoms with Crippen molar-refractivity contribution < 1.29 is 10.2 Å². The maximum Gasteiger partial charge on any atom is 0.0734 e. The summed E-state index contributed by atoms with van der Waals surface area (Å²) in [5.74, 6) is 0.505. The molecule has 3 atom stereocenters. The van der Waals surface area contributed by atoms with E-state index in [4.69, 9.17) is 0 Å². The van der Waals surface area contributed by atoms with Gasteiger partial charge in [0, 0.05) is 22.2 Å². The zero-order valence-corrected chi connectivity index (χ0v) is 13.9. The van der Waals surface area contributed by atoms with Gasteiger partial charge in [-0.25, -0.2) is 0 Å². The van der Waals surface area contributed by atoms with Gasteiger partial charge in [0.25, 0.3) is 0 Å². The Morgan fingerprint density at radius 3 is 2.25 bits per heavy atom. The topological polar surface area (TPSA) is 40.5 Å². The fourth-order valence-corrected chi connectivity index (χ4v) is 3.70. The lowest BCUT2D eigenvalue weighted by atomic mass is 9.87. The number of rotatable bonds is 8. The first-order valence-electron chi connectivity index (χ1n) is 7.42. The Morgan fingerprint density at radius 1 is 1.15 bits per heavy atom. The number of aliphatic hydroxyl groups excluding tert-OH is 2. The highest BCUT2D eigenvalue weighted by Crippen LogP contribution is 2.41. The summed E-state index contributed by atoms with van der Waals surface area (Å²) in [6, 6.07) is 10.2. The van der Waals surface area contributed by atoms with Crippen LogP contribution in [0.25, 0.3) is 0 Å². The molecule has 1 aromatic rings. The molecule has 0 aliphatic rings. The largest absolute Gasteiger partial charge is 0.396 e. The third kappa shape index (κ3) is 5.12. The quantitative estimate of drug-likeness (QED) is 0.713. The Balaban J connectivity index is 2.88. The third-order valence-electron chi connectivity index (χ3n) is 3.76. The van der Waals surface area contributed by atoms with Crippen molar-refractivity contribution in [3.05, 3.63) is 30.3 Å². The van der Waals surface area contributed by atoms with Gasteiger partial charge in [0.05, 0.1) is 6.10 Å². The smallest absolute Gasteiger partial charge is 0.0734 e. The average molecular weight is 296 g/mol. The van der Waals surface area contributed by atoms with Gasteiger partial charge >= 0.3 is 0 Å². The summed E-state index contributed by atoms with van der Waals surface area (Å²) in [6.07, 6.45) is 1.50. The van der Waals surface area contributed by atoms with Crippen LogP contribution in [0.4, 0.5) is 0 Å². The van der Waals surface area contributed by atoms with Gasteiger partial charge in [0.2, 0.25) is 0 Å². The first-order valence-corrected chi connectivity index (χ1v) is 8.23. The summed E-state index contributed by atoms with van der Waals surface area (Å²) < 4.78 is -0.270.